The molecule has 0 aliphatic heterocycles. The van der Waals surface area contributed by atoms with Gasteiger partial charge in [-0.25, -0.2) is 4.79 Å². The second-order valence-corrected chi connectivity index (χ2v) is 2.57. The van der Waals surface area contributed by atoms with Crippen molar-refractivity contribution in [2.24, 2.45) is 0 Å². The van der Waals surface area contributed by atoms with Gasteiger partial charge in [0.1, 0.15) is 5.76 Å². The molecule has 1 aromatic rings. The number of hydrogen-bond donors (Lipinski definition) is 0. The second-order valence-electron chi connectivity index (χ2n) is 2.57. The molecule has 0 bridgehead atoms. The third kappa shape index (κ3) is 1.77. The maximum Gasteiger partial charge on any atom is 0.519 e. The molecule has 0 aromatic carbocycles. The smallest absolute Gasteiger partial charge is 0.396 e. The van der Waals surface area contributed by atoms with Crippen LogP contribution < -0.4 is 5.82 Å². The zero-order valence-corrected chi connectivity index (χ0v) is 7.14. The van der Waals surface area contributed by atoms with Crippen molar-refractivity contribution in [2.45, 2.75) is 20.3 Å². The van der Waals surface area contributed by atoms with Crippen LogP contribution in [0.2, 0.25) is 0 Å². The van der Waals surface area contributed by atoms with Crippen LogP contribution in [-0.2, 0) is 6.42 Å². The van der Waals surface area contributed by atoms with Gasteiger partial charge in [0, 0.05) is 6.42 Å². The highest BCUT2D eigenvalue weighted by atomic mass is 16.6. The lowest BCUT2D eigenvalue weighted by Crippen LogP contribution is -1.88. The summed E-state index contributed by atoms with van der Waals surface area (Å²) in [5, 5.41) is 0. The Bertz CT molecular complexity index is 375. The lowest BCUT2D eigenvalue weighted by atomic mass is 10.2. The van der Waals surface area contributed by atoms with Crippen molar-refractivity contribution in [1.29, 1.82) is 0 Å². The van der Waals surface area contributed by atoms with E-state index < -0.39 is 5.82 Å². The summed E-state index contributed by atoms with van der Waals surface area (Å²) in [6, 6.07) is 0. The highest BCUT2D eigenvalue weighted by molar-refractivity contribution is 5.11. The van der Waals surface area contributed by atoms with E-state index in [1.165, 1.54) is 0 Å². The van der Waals surface area contributed by atoms with Gasteiger partial charge in [-0.1, -0.05) is 6.58 Å². The summed E-state index contributed by atoms with van der Waals surface area (Å²) >= 11 is 0. The Balaban J connectivity index is 2.97. The molecule has 1 heterocycles. The third-order valence-electron chi connectivity index (χ3n) is 1.56. The molecule has 0 N–H and O–H groups in total. The quantitative estimate of drug-likeness (QED) is 0.629. The van der Waals surface area contributed by atoms with Crippen LogP contribution in [0.25, 0.3) is 0 Å². The Labute approximate surface area is 70.0 Å². The highest BCUT2D eigenvalue weighted by Crippen LogP contribution is 2.09. The Kier molecular flexibility index (Phi) is 2.36. The molecule has 64 valence electrons. The number of allylic oxidation sites excluding steroid dienone is 1. The Morgan fingerprint density at radius 3 is 2.67 bits per heavy atom. The lowest BCUT2D eigenvalue weighted by Gasteiger charge is -1.92. The number of aryl methyl sites for hydroxylation is 1. The largest absolute Gasteiger partial charge is 0.519 e. The molecule has 0 saturated heterocycles. The predicted molar refractivity (Wildman–Crippen MR) is 44.0 cm³/mol. The van der Waals surface area contributed by atoms with Crippen LogP contribution in [0.1, 0.15) is 18.4 Å². The Morgan fingerprint density at radius 1 is 1.58 bits per heavy atom. The molecular weight excluding hydrogens is 156 g/mol. The average Bonchev–Trinajstić information content (AvgIpc) is 2.30. The first-order chi connectivity index (χ1) is 5.63. The first-order valence-electron chi connectivity index (χ1n) is 3.58. The van der Waals surface area contributed by atoms with Gasteiger partial charge in [-0.2, -0.15) is 0 Å². The Hall–Kier alpha value is -1.47. The molecule has 1 aromatic heterocycles. The molecule has 0 saturated carbocycles. The lowest BCUT2D eigenvalue weighted by molar-refractivity contribution is 0.371. The van der Waals surface area contributed by atoms with E-state index in [2.05, 4.69) is 16.7 Å². The molecule has 0 amide bonds. The molecule has 12 heavy (non-hydrogen) atoms. The van der Waals surface area contributed by atoms with E-state index in [1.807, 2.05) is 6.92 Å². The van der Waals surface area contributed by atoms with Gasteiger partial charge in [-0.3, -0.25) is 0 Å². The van der Waals surface area contributed by atoms with E-state index in [0.717, 1.165) is 5.57 Å². The third-order valence-corrected chi connectivity index (χ3v) is 1.56. The highest BCUT2D eigenvalue weighted by Gasteiger charge is 2.07. The van der Waals surface area contributed by atoms with Gasteiger partial charge in [0.25, 0.3) is 0 Å². The SMILES string of the molecule is C=C=C(C)Cc1oc(=O)oc1C. The van der Waals surface area contributed by atoms with Gasteiger partial charge in [0.05, 0.1) is 0 Å². The van der Waals surface area contributed by atoms with Crippen LogP contribution >= 0.6 is 0 Å². The minimum atomic E-state index is -0.653. The number of rotatable bonds is 2. The molecule has 0 aliphatic carbocycles. The monoisotopic (exact) mass is 166 g/mol. The van der Waals surface area contributed by atoms with E-state index in [9.17, 15) is 4.79 Å². The Morgan fingerprint density at radius 2 is 2.25 bits per heavy atom. The van der Waals surface area contributed by atoms with Gasteiger partial charge in [0.15, 0.2) is 5.76 Å². The van der Waals surface area contributed by atoms with E-state index in [4.69, 9.17) is 4.42 Å². The molecule has 1 rings (SSSR count). The average molecular weight is 166 g/mol. The molecule has 0 fully saturated rings. The molecule has 0 unspecified atom stereocenters. The van der Waals surface area contributed by atoms with E-state index in [1.54, 1.807) is 6.92 Å². The topological polar surface area (TPSA) is 43.4 Å². The maximum absolute atomic E-state index is 10.6. The summed E-state index contributed by atoms with van der Waals surface area (Å²) in [4.78, 5) is 10.6. The summed E-state index contributed by atoms with van der Waals surface area (Å²) in [7, 11) is 0. The predicted octanol–water partition coefficient (Wildman–Crippen LogP) is 1.81. The van der Waals surface area contributed by atoms with Crippen molar-refractivity contribution in [1.82, 2.24) is 0 Å². The summed E-state index contributed by atoms with van der Waals surface area (Å²) in [5.41, 5.74) is 3.63. The zero-order valence-electron chi connectivity index (χ0n) is 7.14. The van der Waals surface area contributed by atoms with Gasteiger partial charge < -0.3 is 8.83 Å². The molecule has 3 heteroatoms. The van der Waals surface area contributed by atoms with Crippen LogP contribution in [0.15, 0.2) is 31.5 Å². The minimum Gasteiger partial charge on any atom is -0.396 e. The van der Waals surface area contributed by atoms with Crippen molar-refractivity contribution >= 4 is 0 Å². The first kappa shape index (κ1) is 8.62. The fraction of sp³-hybridized carbons (Fsp3) is 0.333. The van der Waals surface area contributed by atoms with Crippen molar-refractivity contribution in [3.8, 4) is 0 Å². The summed E-state index contributed by atoms with van der Waals surface area (Å²) in [6.07, 6.45) is 0.529. The first-order valence-corrected chi connectivity index (χ1v) is 3.58. The van der Waals surface area contributed by atoms with Gasteiger partial charge in [-0.05, 0) is 19.4 Å². The molecule has 3 nitrogen and oxygen atoms in total. The van der Waals surface area contributed by atoms with Gasteiger partial charge in [0.2, 0.25) is 0 Å². The van der Waals surface area contributed by atoms with Crippen LogP contribution in [0.4, 0.5) is 0 Å². The summed E-state index contributed by atoms with van der Waals surface area (Å²) in [6.45, 7) is 7.03. The summed E-state index contributed by atoms with van der Waals surface area (Å²) in [5.74, 6) is 0.419. The van der Waals surface area contributed by atoms with Crippen molar-refractivity contribution in [2.75, 3.05) is 0 Å². The fourth-order valence-corrected chi connectivity index (χ4v) is 0.839. The molecule has 0 spiro atoms. The van der Waals surface area contributed by atoms with Crippen LogP contribution in [0, 0.1) is 6.92 Å². The van der Waals surface area contributed by atoms with Crippen molar-refractivity contribution in [3.63, 3.8) is 0 Å². The van der Waals surface area contributed by atoms with Crippen LogP contribution in [0.5, 0.6) is 0 Å². The summed E-state index contributed by atoms with van der Waals surface area (Å²) < 4.78 is 9.45. The molecule has 0 radical (unpaired) electrons. The number of hydrogen-bond acceptors (Lipinski definition) is 3. The van der Waals surface area contributed by atoms with E-state index in [-0.39, 0.29) is 0 Å². The molecular formula is C9H10O3. The fourth-order valence-electron chi connectivity index (χ4n) is 0.839. The van der Waals surface area contributed by atoms with E-state index in [0.29, 0.717) is 17.9 Å². The van der Waals surface area contributed by atoms with E-state index >= 15 is 0 Å². The molecule has 0 aliphatic rings. The van der Waals surface area contributed by atoms with Crippen molar-refractivity contribution in [3.05, 3.63) is 40.0 Å². The molecule has 0 atom stereocenters. The van der Waals surface area contributed by atoms with Crippen LogP contribution in [-0.4, -0.2) is 0 Å². The second kappa shape index (κ2) is 3.28. The maximum atomic E-state index is 10.6. The van der Waals surface area contributed by atoms with Crippen molar-refractivity contribution < 1.29 is 8.83 Å². The van der Waals surface area contributed by atoms with Gasteiger partial charge in [-0.15, -0.1) is 5.73 Å². The normalized spacial score (nSPS) is 9.50. The van der Waals surface area contributed by atoms with Crippen LogP contribution in [0.3, 0.4) is 0 Å². The minimum absolute atomic E-state index is 0.523. The van der Waals surface area contributed by atoms with Gasteiger partial charge >= 0.3 is 5.82 Å². The zero-order chi connectivity index (χ0) is 9.14. The standard InChI is InChI=1S/C9H10O3/c1-4-6(2)5-8-7(3)11-9(10)12-8/h1,5H2,2-3H3.